The summed E-state index contributed by atoms with van der Waals surface area (Å²) in [5, 5.41) is 7.20. The molecule has 0 radical (unpaired) electrons. The van der Waals surface area contributed by atoms with Crippen LogP contribution in [-0.2, 0) is 0 Å². The zero-order chi connectivity index (χ0) is 15.8. The average Bonchev–Trinajstić information content (AvgIpc) is 2.55. The maximum atomic E-state index is 5.43. The third-order valence-corrected chi connectivity index (χ3v) is 3.56. The van der Waals surface area contributed by atoms with Crippen molar-refractivity contribution in [2.24, 2.45) is 0 Å². The topological polar surface area (TPSA) is 33.3 Å². The van der Waals surface area contributed by atoms with Crippen LogP contribution in [0.3, 0.4) is 0 Å². The van der Waals surface area contributed by atoms with Gasteiger partial charge in [0.05, 0.1) is 12.6 Å². The summed E-state index contributed by atoms with van der Waals surface area (Å²) >= 11 is 5.41. The molecule has 1 unspecified atom stereocenters. The van der Waals surface area contributed by atoms with Gasteiger partial charge in [-0.3, -0.25) is 0 Å². The molecule has 0 spiro atoms. The Kier molecular flexibility index (Phi) is 6.22. The van der Waals surface area contributed by atoms with Crippen LogP contribution < -0.4 is 15.4 Å². The van der Waals surface area contributed by atoms with E-state index < -0.39 is 0 Å². The van der Waals surface area contributed by atoms with E-state index in [9.17, 15) is 0 Å². The van der Waals surface area contributed by atoms with Gasteiger partial charge >= 0.3 is 0 Å². The summed E-state index contributed by atoms with van der Waals surface area (Å²) in [6.45, 7) is 4.78. The summed E-state index contributed by atoms with van der Waals surface area (Å²) in [6.07, 6.45) is 0.967. The highest BCUT2D eigenvalue weighted by Gasteiger charge is 2.10. The monoisotopic (exact) mass is 314 g/mol. The highest BCUT2D eigenvalue weighted by atomic mass is 32.1. The minimum absolute atomic E-state index is 0.212. The molecule has 2 aromatic rings. The lowest BCUT2D eigenvalue weighted by molar-refractivity contribution is 0.340. The molecule has 1 atom stereocenters. The quantitative estimate of drug-likeness (QED) is 0.768. The first-order chi connectivity index (χ1) is 10.7. The van der Waals surface area contributed by atoms with Crippen molar-refractivity contribution in [2.45, 2.75) is 26.3 Å². The fourth-order valence-corrected chi connectivity index (χ4v) is 2.49. The number of hydrogen-bond donors (Lipinski definition) is 2. The smallest absolute Gasteiger partial charge is 0.171 e. The second kappa shape index (κ2) is 8.39. The second-order valence-corrected chi connectivity index (χ2v) is 5.34. The zero-order valence-electron chi connectivity index (χ0n) is 13.0. The van der Waals surface area contributed by atoms with E-state index in [2.05, 4.69) is 29.7 Å². The maximum absolute atomic E-state index is 5.43. The molecule has 2 rings (SSSR count). The lowest BCUT2D eigenvalue weighted by Crippen LogP contribution is -2.32. The Hall–Kier alpha value is -2.07. The Bertz CT molecular complexity index is 584. The molecule has 0 saturated carbocycles. The first kappa shape index (κ1) is 16.3. The molecule has 0 saturated heterocycles. The molecule has 0 aromatic heterocycles. The van der Waals surface area contributed by atoms with Crippen molar-refractivity contribution in [3.8, 4) is 5.75 Å². The molecular weight excluding hydrogens is 292 g/mol. The van der Waals surface area contributed by atoms with Crippen LogP contribution in [0.15, 0.2) is 54.6 Å². The molecule has 0 aliphatic carbocycles. The molecule has 116 valence electrons. The summed E-state index contributed by atoms with van der Waals surface area (Å²) in [6, 6.07) is 18.3. The molecule has 2 aromatic carbocycles. The lowest BCUT2D eigenvalue weighted by Gasteiger charge is -2.20. The van der Waals surface area contributed by atoms with Crippen LogP contribution in [0.4, 0.5) is 5.69 Å². The van der Waals surface area contributed by atoms with Gasteiger partial charge in [0.2, 0.25) is 0 Å². The minimum atomic E-state index is 0.212. The van der Waals surface area contributed by atoms with Gasteiger partial charge in [0.15, 0.2) is 5.11 Å². The SMILES string of the molecule is CCOc1ccc(NC(=S)NC(CC)c2ccccc2)cc1. The van der Waals surface area contributed by atoms with E-state index >= 15 is 0 Å². The van der Waals surface area contributed by atoms with Crippen LogP contribution in [0.25, 0.3) is 0 Å². The first-order valence-corrected chi connectivity index (χ1v) is 7.99. The van der Waals surface area contributed by atoms with Gasteiger partial charge < -0.3 is 15.4 Å². The molecule has 2 N–H and O–H groups in total. The van der Waals surface area contributed by atoms with Gasteiger partial charge in [-0.15, -0.1) is 0 Å². The molecule has 0 aliphatic rings. The van der Waals surface area contributed by atoms with Gasteiger partial charge in [-0.1, -0.05) is 37.3 Å². The molecule has 0 fully saturated rings. The van der Waals surface area contributed by atoms with E-state index in [4.69, 9.17) is 17.0 Å². The van der Waals surface area contributed by atoms with Gasteiger partial charge in [0.25, 0.3) is 0 Å². The van der Waals surface area contributed by atoms with Crippen LogP contribution in [0.1, 0.15) is 31.9 Å². The van der Waals surface area contributed by atoms with Crippen LogP contribution >= 0.6 is 12.2 Å². The molecule has 0 aliphatic heterocycles. The Morgan fingerprint density at radius 2 is 1.73 bits per heavy atom. The molecule has 0 heterocycles. The Balaban J connectivity index is 1.94. The summed E-state index contributed by atoms with van der Waals surface area (Å²) < 4.78 is 5.43. The first-order valence-electron chi connectivity index (χ1n) is 7.58. The van der Waals surface area contributed by atoms with E-state index in [1.165, 1.54) is 5.56 Å². The van der Waals surface area contributed by atoms with Crippen molar-refractivity contribution in [1.29, 1.82) is 0 Å². The zero-order valence-corrected chi connectivity index (χ0v) is 13.8. The number of hydrogen-bond acceptors (Lipinski definition) is 2. The van der Waals surface area contributed by atoms with Crippen molar-refractivity contribution in [3.63, 3.8) is 0 Å². The van der Waals surface area contributed by atoms with Gasteiger partial charge in [-0.05, 0) is 55.4 Å². The highest BCUT2D eigenvalue weighted by Crippen LogP contribution is 2.18. The number of thiocarbonyl (C=S) groups is 1. The molecule has 3 nitrogen and oxygen atoms in total. The molecule has 0 bridgehead atoms. The van der Waals surface area contributed by atoms with E-state index in [0.29, 0.717) is 11.7 Å². The Morgan fingerprint density at radius 3 is 2.32 bits per heavy atom. The summed E-state index contributed by atoms with van der Waals surface area (Å²) in [5.41, 5.74) is 2.18. The highest BCUT2D eigenvalue weighted by molar-refractivity contribution is 7.80. The molecule has 0 amide bonds. The summed E-state index contributed by atoms with van der Waals surface area (Å²) in [5.74, 6) is 0.864. The van der Waals surface area contributed by atoms with Crippen molar-refractivity contribution in [2.75, 3.05) is 11.9 Å². The van der Waals surface area contributed by atoms with Gasteiger partial charge in [0, 0.05) is 5.69 Å². The van der Waals surface area contributed by atoms with E-state index in [1.807, 2.05) is 49.4 Å². The van der Waals surface area contributed by atoms with Crippen molar-refractivity contribution in [1.82, 2.24) is 5.32 Å². The fraction of sp³-hybridized carbons (Fsp3) is 0.278. The van der Waals surface area contributed by atoms with Crippen LogP contribution in [0.2, 0.25) is 0 Å². The van der Waals surface area contributed by atoms with Crippen molar-refractivity contribution >= 4 is 23.0 Å². The Labute approximate surface area is 137 Å². The van der Waals surface area contributed by atoms with Crippen LogP contribution in [0, 0.1) is 0 Å². The van der Waals surface area contributed by atoms with Gasteiger partial charge in [-0.2, -0.15) is 0 Å². The third-order valence-electron chi connectivity index (χ3n) is 3.34. The molecule has 22 heavy (non-hydrogen) atoms. The number of nitrogens with one attached hydrogen (secondary N) is 2. The third kappa shape index (κ3) is 4.74. The number of anilines is 1. The van der Waals surface area contributed by atoms with Gasteiger partial charge in [-0.25, -0.2) is 0 Å². The molecule has 4 heteroatoms. The summed E-state index contributed by atoms with van der Waals surface area (Å²) in [7, 11) is 0. The number of rotatable bonds is 6. The van der Waals surface area contributed by atoms with E-state index in [0.717, 1.165) is 17.9 Å². The molecular formula is C18H22N2OS. The summed E-state index contributed by atoms with van der Waals surface area (Å²) in [4.78, 5) is 0. The largest absolute Gasteiger partial charge is 0.494 e. The van der Waals surface area contributed by atoms with E-state index in [-0.39, 0.29) is 6.04 Å². The number of benzene rings is 2. The van der Waals surface area contributed by atoms with Crippen molar-refractivity contribution in [3.05, 3.63) is 60.2 Å². The maximum Gasteiger partial charge on any atom is 0.171 e. The average molecular weight is 314 g/mol. The standard InChI is InChI=1S/C18H22N2OS/c1-3-17(14-8-6-5-7-9-14)20-18(22)19-15-10-12-16(13-11-15)21-4-2/h5-13,17H,3-4H2,1-2H3,(H2,19,20,22). The minimum Gasteiger partial charge on any atom is -0.494 e. The normalized spacial score (nSPS) is 11.5. The Morgan fingerprint density at radius 1 is 1.05 bits per heavy atom. The number of ether oxygens (including phenoxy) is 1. The van der Waals surface area contributed by atoms with E-state index in [1.54, 1.807) is 0 Å². The predicted molar refractivity (Wildman–Crippen MR) is 96.4 cm³/mol. The van der Waals surface area contributed by atoms with Crippen LogP contribution in [-0.4, -0.2) is 11.7 Å². The van der Waals surface area contributed by atoms with Gasteiger partial charge in [0.1, 0.15) is 5.75 Å². The lowest BCUT2D eigenvalue weighted by atomic mass is 10.1. The van der Waals surface area contributed by atoms with Crippen molar-refractivity contribution < 1.29 is 4.74 Å². The predicted octanol–water partition coefficient (Wildman–Crippen LogP) is 4.52. The fourth-order valence-electron chi connectivity index (χ4n) is 2.23. The van der Waals surface area contributed by atoms with Crippen LogP contribution in [0.5, 0.6) is 5.75 Å². The second-order valence-electron chi connectivity index (χ2n) is 4.93.